The van der Waals surface area contributed by atoms with Crippen LogP contribution in [0.5, 0.6) is 0 Å². The van der Waals surface area contributed by atoms with E-state index >= 15 is 0 Å². The topological polar surface area (TPSA) is 54.3 Å². The van der Waals surface area contributed by atoms with Gasteiger partial charge in [-0.05, 0) is 48.9 Å². The summed E-state index contributed by atoms with van der Waals surface area (Å²) in [6.45, 7) is 1.84. The minimum Gasteiger partial charge on any atom is -0.472 e. The van der Waals surface area contributed by atoms with Crippen LogP contribution in [0.4, 0.5) is 20.2 Å². The summed E-state index contributed by atoms with van der Waals surface area (Å²) in [6, 6.07) is 12.2. The van der Waals surface area contributed by atoms with Crippen LogP contribution in [0, 0.1) is 11.6 Å². The van der Waals surface area contributed by atoms with E-state index in [1.807, 2.05) is 13.0 Å². The molecular formula is C19H16F2N2O2. The van der Waals surface area contributed by atoms with Crippen molar-refractivity contribution in [1.82, 2.24) is 0 Å². The van der Waals surface area contributed by atoms with Crippen molar-refractivity contribution >= 4 is 17.3 Å². The molecule has 4 nitrogen and oxygen atoms in total. The number of nitrogens with one attached hydrogen (secondary N) is 2. The molecule has 0 saturated carbocycles. The minimum absolute atomic E-state index is 0.241. The maximum absolute atomic E-state index is 13.4. The molecule has 128 valence electrons. The molecule has 0 spiro atoms. The van der Waals surface area contributed by atoms with Gasteiger partial charge >= 0.3 is 0 Å². The summed E-state index contributed by atoms with van der Waals surface area (Å²) >= 11 is 0. The number of hydrogen-bond donors (Lipinski definition) is 2. The van der Waals surface area contributed by atoms with E-state index in [9.17, 15) is 13.6 Å². The Morgan fingerprint density at radius 1 is 1.04 bits per heavy atom. The highest BCUT2D eigenvalue weighted by molar-refractivity contribution is 6.04. The van der Waals surface area contributed by atoms with Crippen molar-refractivity contribution in [2.45, 2.75) is 13.0 Å². The second-order valence-electron chi connectivity index (χ2n) is 5.59. The van der Waals surface area contributed by atoms with Gasteiger partial charge in [0.15, 0.2) is 11.6 Å². The van der Waals surface area contributed by atoms with E-state index in [1.54, 1.807) is 24.3 Å². The first-order valence-corrected chi connectivity index (χ1v) is 7.68. The van der Waals surface area contributed by atoms with E-state index in [2.05, 4.69) is 10.6 Å². The number of halogens is 2. The molecule has 2 N–H and O–H groups in total. The van der Waals surface area contributed by atoms with Gasteiger partial charge in [-0.15, -0.1) is 0 Å². The summed E-state index contributed by atoms with van der Waals surface area (Å²) < 4.78 is 31.3. The van der Waals surface area contributed by atoms with Crippen molar-refractivity contribution in [1.29, 1.82) is 0 Å². The van der Waals surface area contributed by atoms with E-state index in [1.165, 1.54) is 18.6 Å². The molecule has 1 aromatic heterocycles. The quantitative estimate of drug-likeness (QED) is 0.687. The number of carbonyl (C=O) groups is 1. The van der Waals surface area contributed by atoms with E-state index in [0.29, 0.717) is 16.8 Å². The van der Waals surface area contributed by atoms with Crippen molar-refractivity contribution in [3.05, 3.63) is 83.8 Å². The zero-order chi connectivity index (χ0) is 17.8. The maximum atomic E-state index is 13.4. The van der Waals surface area contributed by atoms with Crippen molar-refractivity contribution < 1.29 is 18.0 Å². The third kappa shape index (κ3) is 4.03. The number of hydrogen-bond acceptors (Lipinski definition) is 3. The monoisotopic (exact) mass is 342 g/mol. The Bertz CT molecular complexity index is 879. The fraction of sp³-hybridized carbons (Fsp3) is 0.105. The minimum atomic E-state index is -0.882. The SMILES string of the molecule is CC(Nc1cccc(NC(=O)c2ccoc2)c1)c1ccc(F)c(F)c1. The zero-order valence-corrected chi connectivity index (χ0v) is 13.4. The number of rotatable bonds is 5. The Labute approximate surface area is 143 Å². The molecule has 3 rings (SSSR count). The van der Waals surface area contributed by atoms with Crippen molar-refractivity contribution in [3.8, 4) is 0 Å². The predicted octanol–water partition coefficient (Wildman–Crippen LogP) is 4.98. The van der Waals surface area contributed by atoms with Crippen LogP contribution in [0.25, 0.3) is 0 Å². The molecule has 2 aromatic carbocycles. The summed E-state index contributed by atoms with van der Waals surface area (Å²) in [5.74, 6) is -2.04. The smallest absolute Gasteiger partial charge is 0.258 e. The maximum Gasteiger partial charge on any atom is 0.258 e. The van der Waals surface area contributed by atoms with Gasteiger partial charge in [-0.2, -0.15) is 0 Å². The lowest BCUT2D eigenvalue weighted by Gasteiger charge is -2.17. The molecule has 1 unspecified atom stereocenters. The molecular weight excluding hydrogens is 326 g/mol. The van der Waals surface area contributed by atoms with Gasteiger partial charge in [0.25, 0.3) is 5.91 Å². The Morgan fingerprint density at radius 2 is 1.84 bits per heavy atom. The van der Waals surface area contributed by atoms with Gasteiger partial charge in [0, 0.05) is 17.4 Å². The molecule has 0 bridgehead atoms. The van der Waals surface area contributed by atoms with Crippen molar-refractivity contribution in [3.63, 3.8) is 0 Å². The van der Waals surface area contributed by atoms with E-state index in [0.717, 1.165) is 17.8 Å². The predicted molar refractivity (Wildman–Crippen MR) is 91.5 cm³/mol. The lowest BCUT2D eigenvalue weighted by Crippen LogP contribution is -2.11. The molecule has 6 heteroatoms. The Morgan fingerprint density at radius 3 is 2.56 bits per heavy atom. The average Bonchev–Trinajstić information content (AvgIpc) is 3.12. The molecule has 1 heterocycles. The molecule has 0 radical (unpaired) electrons. The van der Waals surface area contributed by atoms with Gasteiger partial charge < -0.3 is 15.1 Å². The number of carbonyl (C=O) groups excluding carboxylic acids is 1. The van der Waals surface area contributed by atoms with Crippen LogP contribution < -0.4 is 10.6 Å². The molecule has 3 aromatic rings. The first-order chi connectivity index (χ1) is 12.0. The number of anilines is 2. The van der Waals surface area contributed by atoms with Crippen molar-refractivity contribution in [2.24, 2.45) is 0 Å². The Hall–Kier alpha value is -3.15. The molecule has 1 atom stereocenters. The van der Waals surface area contributed by atoms with Crippen LogP contribution in [0.15, 0.2) is 65.5 Å². The van der Waals surface area contributed by atoms with Crippen LogP contribution in [0.3, 0.4) is 0 Å². The first-order valence-electron chi connectivity index (χ1n) is 7.68. The standard InChI is InChI=1S/C19H16F2N2O2/c1-12(13-5-6-17(20)18(21)9-13)22-15-3-2-4-16(10-15)23-19(24)14-7-8-25-11-14/h2-12,22H,1H3,(H,23,24). The average molecular weight is 342 g/mol. The third-order valence-electron chi connectivity index (χ3n) is 3.73. The second-order valence-corrected chi connectivity index (χ2v) is 5.59. The van der Waals surface area contributed by atoms with E-state index in [-0.39, 0.29) is 11.9 Å². The van der Waals surface area contributed by atoms with Gasteiger partial charge in [0.05, 0.1) is 11.8 Å². The zero-order valence-electron chi connectivity index (χ0n) is 13.4. The van der Waals surface area contributed by atoms with E-state index < -0.39 is 11.6 Å². The summed E-state index contributed by atoms with van der Waals surface area (Å²) in [7, 11) is 0. The van der Waals surface area contributed by atoms with Crippen LogP contribution in [-0.4, -0.2) is 5.91 Å². The summed E-state index contributed by atoms with van der Waals surface area (Å²) in [5, 5.41) is 5.96. The largest absolute Gasteiger partial charge is 0.472 e. The molecule has 25 heavy (non-hydrogen) atoms. The van der Waals surface area contributed by atoms with Crippen molar-refractivity contribution in [2.75, 3.05) is 10.6 Å². The van der Waals surface area contributed by atoms with Crippen LogP contribution in [-0.2, 0) is 0 Å². The molecule has 0 fully saturated rings. The fourth-order valence-electron chi connectivity index (χ4n) is 2.40. The highest BCUT2D eigenvalue weighted by Gasteiger charge is 2.11. The molecule has 0 aliphatic carbocycles. The van der Waals surface area contributed by atoms with Gasteiger partial charge in [-0.3, -0.25) is 4.79 Å². The molecule has 0 aliphatic heterocycles. The van der Waals surface area contributed by atoms with Crippen LogP contribution in [0.1, 0.15) is 28.9 Å². The molecule has 0 saturated heterocycles. The van der Waals surface area contributed by atoms with E-state index in [4.69, 9.17) is 4.42 Å². The number of furan rings is 1. The van der Waals surface area contributed by atoms with Gasteiger partial charge in [-0.25, -0.2) is 8.78 Å². The summed E-state index contributed by atoms with van der Waals surface area (Å²) in [5.41, 5.74) is 2.39. The highest BCUT2D eigenvalue weighted by Crippen LogP contribution is 2.23. The number of benzene rings is 2. The summed E-state index contributed by atoms with van der Waals surface area (Å²) in [6.07, 6.45) is 2.79. The molecule has 1 amide bonds. The normalized spacial score (nSPS) is 11.8. The van der Waals surface area contributed by atoms with Crippen LogP contribution in [0.2, 0.25) is 0 Å². The van der Waals surface area contributed by atoms with Gasteiger partial charge in [-0.1, -0.05) is 12.1 Å². The lowest BCUT2D eigenvalue weighted by atomic mass is 10.1. The van der Waals surface area contributed by atoms with Crippen LogP contribution >= 0.6 is 0 Å². The second kappa shape index (κ2) is 7.17. The Kier molecular flexibility index (Phi) is 4.79. The lowest BCUT2D eigenvalue weighted by molar-refractivity contribution is 0.102. The number of amides is 1. The first kappa shape index (κ1) is 16.7. The van der Waals surface area contributed by atoms with Gasteiger partial charge in [0.1, 0.15) is 6.26 Å². The molecule has 0 aliphatic rings. The Balaban J connectivity index is 1.70. The summed E-state index contributed by atoms with van der Waals surface area (Å²) in [4.78, 5) is 12.0. The highest BCUT2D eigenvalue weighted by atomic mass is 19.2. The third-order valence-corrected chi connectivity index (χ3v) is 3.73. The van der Waals surface area contributed by atoms with Gasteiger partial charge in [0.2, 0.25) is 0 Å². The fourth-order valence-corrected chi connectivity index (χ4v) is 2.40.